The second-order valence-electron chi connectivity index (χ2n) is 2.64. The molecule has 78 valence electrons. The molecule has 0 fully saturated rings. The first kappa shape index (κ1) is 11.1. The Morgan fingerprint density at radius 3 is 2.86 bits per heavy atom. The SMILES string of the molecule is COC(=O)CSCc1ccc(CN)o1. The fourth-order valence-electron chi connectivity index (χ4n) is 0.903. The highest BCUT2D eigenvalue weighted by Crippen LogP contribution is 2.15. The number of hydrogen-bond donors (Lipinski definition) is 1. The Bertz CT molecular complexity index is 298. The smallest absolute Gasteiger partial charge is 0.315 e. The number of carbonyl (C=O) groups excluding carboxylic acids is 1. The fraction of sp³-hybridized carbons (Fsp3) is 0.444. The van der Waals surface area contributed by atoms with Crippen molar-refractivity contribution in [2.24, 2.45) is 5.73 Å². The molecule has 1 aromatic rings. The van der Waals surface area contributed by atoms with Gasteiger partial charge in [-0.1, -0.05) is 0 Å². The third-order valence-electron chi connectivity index (χ3n) is 1.61. The summed E-state index contributed by atoms with van der Waals surface area (Å²) in [5, 5.41) is 0. The molecule has 0 bridgehead atoms. The van der Waals surface area contributed by atoms with Gasteiger partial charge in [0.05, 0.1) is 25.2 Å². The van der Waals surface area contributed by atoms with Gasteiger partial charge in [0.2, 0.25) is 0 Å². The maximum absolute atomic E-state index is 10.8. The molecule has 0 aromatic carbocycles. The fourth-order valence-corrected chi connectivity index (χ4v) is 1.65. The lowest BCUT2D eigenvalue weighted by molar-refractivity contribution is -0.137. The first-order chi connectivity index (χ1) is 6.76. The van der Waals surface area contributed by atoms with E-state index in [0.29, 0.717) is 18.1 Å². The Kier molecular flexibility index (Phi) is 4.55. The van der Waals surface area contributed by atoms with E-state index < -0.39 is 0 Å². The van der Waals surface area contributed by atoms with Crippen LogP contribution in [-0.2, 0) is 21.8 Å². The van der Waals surface area contributed by atoms with Crippen LogP contribution in [-0.4, -0.2) is 18.8 Å². The van der Waals surface area contributed by atoms with E-state index in [2.05, 4.69) is 4.74 Å². The Morgan fingerprint density at radius 1 is 1.57 bits per heavy atom. The lowest BCUT2D eigenvalue weighted by atomic mass is 10.4. The van der Waals surface area contributed by atoms with Crippen LogP contribution >= 0.6 is 11.8 Å². The van der Waals surface area contributed by atoms with E-state index in [1.165, 1.54) is 18.9 Å². The summed E-state index contributed by atoms with van der Waals surface area (Å²) in [6, 6.07) is 3.71. The van der Waals surface area contributed by atoms with Gasteiger partial charge >= 0.3 is 5.97 Å². The van der Waals surface area contributed by atoms with Crippen LogP contribution in [0.15, 0.2) is 16.5 Å². The number of thioether (sulfide) groups is 1. The number of nitrogens with two attached hydrogens (primary N) is 1. The lowest BCUT2D eigenvalue weighted by Gasteiger charge is -1.97. The van der Waals surface area contributed by atoms with E-state index in [0.717, 1.165) is 11.5 Å². The van der Waals surface area contributed by atoms with Gasteiger partial charge in [-0.05, 0) is 12.1 Å². The van der Waals surface area contributed by atoms with Crippen LogP contribution in [0.5, 0.6) is 0 Å². The van der Waals surface area contributed by atoms with E-state index in [9.17, 15) is 4.79 Å². The van der Waals surface area contributed by atoms with Crippen molar-refractivity contribution in [2.75, 3.05) is 12.9 Å². The van der Waals surface area contributed by atoms with Crippen molar-refractivity contribution in [3.63, 3.8) is 0 Å². The highest BCUT2D eigenvalue weighted by molar-refractivity contribution is 7.99. The molecule has 1 aromatic heterocycles. The zero-order valence-corrected chi connectivity index (χ0v) is 8.80. The highest BCUT2D eigenvalue weighted by Gasteiger charge is 2.03. The summed E-state index contributed by atoms with van der Waals surface area (Å²) in [7, 11) is 1.38. The van der Waals surface area contributed by atoms with Crippen molar-refractivity contribution >= 4 is 17.7 Å². The first-order valence-electron chi connectivity index (χ1n) is 4.18. The monoisotopic (exact) mass is 215 g/mol. The minimum atomic E-state index is -0.222. The predicted molar refractivity (Wildman–Crippen MR) is 54.8 cm³/mol. The van der Waals surface area contributed by atoms with Crippen LogP contribution in [0.25, 0.3) is 0 Å². The molecule has 5 heteroatoms. The Balaban J connectivity index is 2.27. The number of ether oxygens (including phenoxy) is 1. The van der Waals surface area contributed by atoms with Crippen molar-refractivity contribution < 1.29 is 13.9 Å². The standard InChI is InChI=1S/C9H13NO3S/c1-12-9(11)6-14-5-8-3-2-7(4-10)13-8/h2-3H,4-6,10H2,1H3. The summed E-state index contributed by atoms with van der Waals surface area (Å²) in [5.41, 5.74) is 5.39. The van der Waals surface area contributed by atoms with Crippen LogP contribution in [0.3, 0.4) is 0 Å². The van der Waals surface area contributed by atoms with Crippen molar-refractivity contribution in [2.45, 2.75) is 12.3 Å². The minimum Gasteiger partial charge on any atom is -0.468 e. The zero-order chi connectivity index (χ0) is 10.4. The zero-order valence-electron chi connectivity index (χ0n) is 7.99. The topological polar surface area (TPSA) is 65.5 Å². The van der Waals surface area contributed by atoms with Crippen molar-refractivity contribution in [3.8, 4) is 0 Å². The summed E-state index contributed by atoms with van der Waals surface area (Å²) in [6.07, 6.45) is 0. The summed E-state index contributed by atoms with van der Waals surface area (Å²) >= 11 is 1.45. The van der Waals surface area contributed by atoms with E-state index in [1.54, 1.807) is 0 Å². The number of methoxy groups -OCH3 is 1. The van der Waals surface area contributed by atoms with Crippen LogP contribution in [0.4, 0.5) is 0 Å². The van der Waals surface area contributed by atoms with Crippen molar-refractivity contribution in [1.82, 2.24) is 0 Å². The molecule has 0 radical (unpaired) electrons. The first-order valence-corrected chi connectivity index (χ1v) is 5.34. The van der Waals surface area contributed by atoms with Gasteiger partial charge in [-0.3, -0.25) is 4.79 Å². The van der Waals surface area contributed by atoms with Gasteiger partial charge < -0.3 is 14.9 Å². The van der Waals surface area contributed by atoms with Crippen molar-refractivity contribution in [1.29, 1.82) is 0 Å². The van der Waals surface area contributed by atoms with Crippen LogP contribution < -0.4 is 5.73 Å². The number of hydrogen-bond acceptors (Lipinski definition) is 5. The normalized spacial score (nSPS) is 10.1. The second kappa shape index (κ2) is 5.72. The average molecular weight is 215 g/mol. The van der Waals surface area contributed by atoms with Gasteiger partial charge in [0, 0.05) is 0 Å². The van der Waals surface area contributed by atoms with Gasteiger partial charge in [-0.15, -0.1) is 11.8 Å². The molecule has 0 aliphatic rings. The molecule has 0 saturated carbocycles. The molecule has 0 saturated heterocycles. The Labute approximate surface area is 86.8 Å². The van der Waals surface area contributed by atoms with Gasteiger partial charge in [-0.25, -0.2) is 0 Å². The molecule has 0 unspecified atom stereocenters. The molecule has 0 aliphatic heterocycles. The third kappa shape index (κ3) is 3.43. The number of rotatable bonds is 5. The molecule has 0 atom stereocenters. The number of carbonyl (C=O) groups is 1. The quantitative estimate of drug-likeness (QED) is 0.746. The number of furan rings is 1. The summed E-state index contributed by atoms with van der Waals surface area (Å²) < 4.78 is 9.85. The molecule has 2 N–H and O–H groups in total. The van der Waals surface area contributed by atoms with E-state index in [4.69, 9.17) is 10.2 Å². The maximum atomic E-state index is 10.8. The summed E-state index contributed by atoms with van der Waals surface area (Å²) in [5.74, 6) is 2.38. The van der Waals surface area contributed by atoms with Gasteiger partial charge in [0.25, 0.3) is 0 Å². The maximum Gasteiger partial charge on any atom is 0.315 e. The highest BCUT2D eigenvalue weighted by atomic mass is 32.2. The van der Waals surface area contributed by atoms with Gasteiger partial charge in [0.1, 0.15) is 11.5 Å². The molecule has 0 amide bonds. The van der Waals surface area contributed by atoms with E-state index in [-0.39, 0.29) is 5.97 Å². The number of esters is 1. The van der Waals surface area contributed by atoms with E-state index >= 15 is 0 Å². The van der Waals surface area contributed by atoms with Crippen LogP contribution in [0.2, 0.25) is 0 Å². The third-order valence-corrected chi connectivity index (χ3v) is 2.54. The predicted octanol–water partition coefficient (Wildman–Crippen LogP) is 1.14. The molecule has 4 nitrogen and oxygen atoms in total. The molecule has 14 heavy (non-hydrogen) atoms. The van der Waals surface area contributed by atoms with Gasteiger partial charge in [0.15, 0.2) is 0 Å². The van der Waals surface area contributed by atoms with Crippen LogP contribution in [0.1, 0.15) is 11.5 Å². The second-order valence-corrected chi connectivity index (χ2v) is 3.63. The largest absolute Gasteiger partial charge is 0.468 e. The molecule has 0 spiro atoms. The Morgan fingerprint density at radius 2 is 2.29 bits per heavy atom. The van der Waals surface area contributed by atoms with E-state index in [1.807, 2.05) is 12.1 Å². The molecule has 1 heterocycles. The summed E-state index contributed by atoms with van der Waals surface area (Å²) in [6.45, 7) is 0.404. The average Bonchev–Trinajstić information content (AvgIpc) is 2.65. The van der Waals surface area contributed by atoms with Crippen molar-refractivity contribution in [3.05, 3.63) is 23.7 Å². The summed E-state index contributed by atoms with van der Waals surface area (Å²) in [4.78, 5) is 10.8. The minimum absolute atomic E-state index is 0.222. The molecular weight excluding hydrogens is 202 g/mol. The molecule has 0 aliphatic carbocycles. The molecule has 1 rings (SSSR count). The van der Waals surface area contributed by atoms with Gasteiger partial charge in [-0.2, -0.15) is 0 Å². The molecular formula is C9H13NO3S. The van der Waals surface area contributed by atoms with Crippen LogP contribution in [0, 0.1) is 0 Å². The Hall–Kier alpha value is -0.940. The lowest BCUT2D eigenvalue weighted by Crippen LogP contribution is -2.03.